The molecule has 28 heavy (non-hydrogen) atoms. The SMILES string of the molecule is N/C=C(/c1ccncc1)c1ncc(CN2CCC(c3ccccc3)CC2)cn1. The summed E-state index contributed by atoms with van der Waals surface area (Å²) < 4.78 is 0. The zero-order valence-corrected chi connectivity index (χ0v) is 15.9. The zero-order chi connectivity index (χ0) is 19.2. The van der Waals surface area contributed by atoms with Gasteiger partial charge < -0.3 is 5.73 Å². The van der Waals surface area contributed by atoms with Crippen molar-refractivity contribution in [1.29, 1.82) is 0 Å². The van der Waals surface area contributed by atoms with Crippen molar-refractivity contribution in [2.45, 2.75) is 25.3 Å². The van der Waals surface area contributed by atoms with E-state index in [1.165, 1.54) is 18.4 Å². The molecule has 0 bridgehead atoms. The van der Waals surface area contributed by atoms with Gasteiger partial charge in [-0.3, -0.25) is 9.88 Å². The van der Waals surface area contributed by atoms with E-state index >= 15 is 0 Å². The minimum Gasteiger partial charge on any atom is -0.404 e. The Balaban J connectivity index is 1.36. The van der Waals surface area contributed by atoms with Crippen LogP contribution in [0.5, 0.6) is 0 Å². The van der Waals surface area contributed by atoms with E-state index in [1.54, 1.807) is 18.6 Å². The number of aromatic nitrogens is 3. The highest BCUT2D eigenvalue weighted by Gasteiger charge is 2.20. The summed E-state index contributed by atoms with van der Waals surface area (Å²) in [5.41, 5.74) is 10.2. The van der Waals surface area contributed by atoms with E-state index in [2.05, 4.69) is 50.2 Å². The third kappa shape index (κ3) is 4.26. The van der Waals surface area contributed by atoms with E-state index < -0.39 is 0 Å². The predicted octanol–water partition coefficient (Wildman–Crippen LogP) is 3.60. The average Bonchev–Trinajstić information content (AvgIpc) is 2.77. The van der Waals surface area contributed by atoms with Crippen molar-refractivity contribution in [3.63, 3.8) is 0 Å². The average molecular weight is 371 g/mol. The maximum Gasteiger partial charge on any atom is 0.161 e. The summed E-state index contributed by atoms with van der Waals surface area (Å²) in [5, 5.41) is 0. The number of pyridine rings is 1. The molecule has 0 aliphatic carbocycles. The van der Waals surface area contributed by atoms with Gasteiger partial charge in [0.1, 0.15) is 0 Å². The molecule has 3 heterocycles. The Morgan fingerprint density at radius 3 is 2.32 bits per heavy atom. The number of hydrogen-bond donors (Lipinski definition) is 1. The van der Waals surface area contributed by atoms with Crippen LogP contribution in [-0.4, -0.2) is 32.9 Å². The monoisotopic (exact) mass is 371 g/mol. The highest BCUT2D eigenvalue weighted by Crippen LogP contribution is 2.28. The summed E-state index contributed by atoms with van der Waals surface area (Å²) in [5.74, 6) is 1.31. The van der Waals surface area contributed by atoms with Crippen molar-refractivity contribution >= 4 is 5.57 Å². The maximum atomic E-state index is 5.81. The molecule has 1 fully saturated rings. The number of nitrogens with zero attached hydrogens (tertiary/aromatic N) is 4. The highest BCUT2D eigenvalue weighted by molar-refractivity contribution is 5.75. The van der Waals surface area contributed by atoms with E-state index in [0.29, 0.717) is 11.7 Å². The van der Waals surface area contributed by atoms with Gasteiger partial charge in [0.15, 0.2) is 5.82 Å². The van der Waals surface area contributed by atoms with Crippen molar-refractivity contribution in [1.82, 2.24) is 19.9 Å². The summed E-state index contributed by atoms with van der Waals surface area (Å²) in [6.07, 6.45) is 11.3. The second-order valence-electron chi connectivity index (χ2n) is 7.19. The lowest BCUT2D eigenvalue weighted by Crippen LogP contribution is -2.32. The molecule has 5 heteroatoms. The minimum atomic E-state index is 0.639. The van der Waals surface area contributed by atoms with Crippen LogP contribution in [0, 0.1) is 0 Å². The minimum absolute atomic E-state index is 0.639. The van der Waals surface area contributed by atoms with Gasteiger partial charge in [0.2, 0.25) is 0 Å². The number of likely N-dealkylation sites (tertiary alicyclic amines) is 1. The van der Waals surface area contributed by atoms with Crippen molar-refractivity contribution in [3.05, 3.63) is 96.0 Å². The molecule has 0 atom stereocenters. The van der Waals surface area contributed by atoms with Gasteiger partial charge in [-0.05, 0) is 55.1 Å². The van der Waals surface area contributed by atoms with E-state index in [4.69, 9.17) is 5.73 Å². The predicted molar refractivity (Wildman–Crippen MR) is 111 cm³/mol. The van der Waals surface area contributed by atoms with Crippen LogP contribution in [0.1, 0.15) is 41.3 Å². The lowest BCUT2D eigenvalue weighted by Gasteiger charge is -2.32. The number of hydrogen-bond acceptors (Lipinski definition) is 5. The Bertz CT molecular complexity index is 899. The van der Waals surface area contributed by atoms with Crippen LogP contribution in [0.3, 0.4) is 0 Å². The van der Waals surface area contributed by atoms with Crippen molar-refractivity contribution in [3.8, 4) is 0 Å². The first-order chi connectivity index (χ1) is 13.8. The third-order valence-corrected chi connectivity index (χ3v) is 5.37. The summed E-state index contributed by atoms with van der Waals surface area (Å²) in [7, 11) is 0. The third-order valence-electron chi connectivity index (χ3n) is 5.37. The molecule has 0 amide bonds. The summed E-state index contributed by atoms with van der Waals surface area (Å²) in [6.45, 7) is 3.09. The topological polar surface area (TPSA) is 67.9 Å². The summed E-state index contributed by atoms with van der Waals surface area (Å²) in [6, 6.07) is 14.7. The van der Waals surface area contributed by atoms with Gasteiger partial charge in [0.05, 0.1) is 0 Å². The van der Waals surface area contributed by atoms with Gasteiger partial charge in [-0.25, -0.2) is 9.97 Å². The normalized spacial score (nSPS) is 16.2. The van der Waals surface area contributed by atoms with Crippen molar-refractivity contribution in [2.24, 2.45) is 5.73 Å². The number of piperidine rings is 1. The van der Waals surface area contributed by atoms with Gasteiger partial charge in [-0.1, -0.05) is 30.3 Å². The fraction of sp³-hybridized carbons (Fsp3) is 0.261. The maximum absolute atomic E-state index is 5.81. The quantitative estimate of drug-likeness (QED) is 0.742. The largest absolute Gasteiger partial charge is 0.404 e. The number of nitrogens with two attached hydrogens (primary N) is 1. The second kappa shape index (κ2) is 8.76. The lowest BCUT2D eigenvalue weighted by atomic mass is 9.89. The molecular weight excluding hydrogens is 346 g/mol. The molecule has 0 spiro atoms. The molecule has 0 unspecified atom stereocenters. The molecule has 1 aliphatic heterocycles. The van der Waals surface area contributed by atoms with Crippen LogP contribution < -0.4 is 5.73 Å². The van der Waals surface area contributed by atoms with Gasteiger partial charge >= 0.3 is 0 Å². The highest BCUT2D eigenvalue weighted by atomic mass is 15.1. The van der Waals surface area contributed by atoms with Crippen LogP contribution in [0.2, 0.25) is 0 Å². The number of rotatable bonds is 5. The fourth-order valence-electron chi connectivity index (χ4n) is 3.81. The van der Waals surface area contributed by atoms with Gasteiger partial charge in [-0.15, -0.1) is 0 Å². The first-order valence-corrected chi connectivity index (χ1v) is 9.74. The first kappa shape index (κ1) is 18.3. The molecule has 4 rings (SSSR count). The van der Waals surface area contributed by atoms with Gasteiger partial charge in [0, 0.05) is 48.7 Å². The summed E-state index contributed by atoms with van der Waals surface area (Å²) >= 11 is 0. The van der Waals surface area contributed by atoms with E-state index in [9.17, 15) is 0 Å². The molecule has 1 aliphatic rings. The van der Waals surface area contributed by atoms with Crippen LogP contribution in [0.15, 0.2) is 73.5 Å². The van der Waals surface area contributed by atoms with Crippen LogP contribution >= 0.6 is 0 Å². The Morgan fingerprint density at radius 1 is 1.00 bits per heavy atom. The molecule has 3 aromatic rings. The Morgan fingerprint density at radius 2 is 1.68 bits per heavy atom. The van der Waals surface area contributed by atoms with Crippen molar-refractivity contribution in [2.75, 3.05) is 13.1 Å². The van der Waals surface area contributed by atoms with E-state index in [0.717, 1.165) is 36.3 Å². The van der Waals surface area contributed by atoms with E-state index in [-0.39, 0.29) is 0 Å². The lowest BCUT2D eigenvalue weighted by molar-refractivity contribution is 0.204. The molecule has 142 valence electrons. The first-order valence-electron chi connectivity index (χ1n) is 9.74. The molecular formula is C23H25N5. The Labute approximate surface area is 166 Å². The fourth-order valence-corrected chi connectivity index (χ4v) is 3.81. The molecule has 5 nitrogen and oxygen atoms in total. The smallest absolute Gasteiger partial charge is 0.161 e. The molecule has 1 aromatic carbocycles. The molecule has 2 N–H and O–H groups in total. The van der Waals surface area contributed by atoms with Crippen LogP contribution in [0.25, 0.3) is 5.57 Å². The van der Waals surface area contributed by atoms with Gasteiger partial charge in [-0.2, -0.15) is 0 Å². The Hall–Kier alpha value is -3.05. The summed E-state index contributed by atoms with van der Waals surface area (Å²) in [4.78, 5) is 15.6. The van der Waals surface area contributed by atoms with Crippen LogP contribution in [0.4, 0.5) is 0 Å². The van der Waals surface area contributed by atoms with Crippen molar-refractivity contribution < 1.29 is 0 Å². The molecule has 1 saturated heterocycles. The second-order valence-corrected chi connectivity index (χ2v) is 7.19. The van der Waals surface area contributed by atoms with Gasteiger partial charge in [0.25, 0.3) is 0 Å². The molecule has 0 radical (unpaired) electrons. The van der Waals surface area contributed by atoms with E-state index in [1.807, 2.05) is 24.5 Å². The Kier molecular flexibility index (Phi) is 5.73. The standard InChI is InChI=1S/C23H25N5/c24-14-22(21-6-10-25-11-7-21)23-26-15-18(16-27-23)17-28-12-8-20(9-13-28)19-4-2-1-3-5-19/h1-7,10-11,14-16,20H,8-9,12-13,17,24H2/b22-14-. The molecule has 2 aromatic heterocycles. The number of benzene rings is 1. The zero-order valence-electron chi connectivity index (χ0n) is 15.9. The van der Waals surface area contributed by atoms with Crippen LogP contribution in [-0.2, 0) is 6.54 Å². The molecule has 0 saturated carbocycles.